The van der Waals surface area contributed by atoms with Gasteiger partial charge in [-0.3, -0.25) is 9.59 Å². The van der Waals surface area contributed by atoms with Crippen molar-refractivity contribution in [1.29, 1.82) is 0 Å². The molecule has 2 saturated carbocycles. The first-order valence-electron chi connectivity index (χ1n) is 6.57. The van der Waals surface area contributed by atoms with Crippen LogP contribution in [0.5, 0.6) is 0 Å². The van der Waals surface area contributed by atoms with Crippen molar-refractivity contribution >= 4 is 11.8 Å². The molecule has 0 radical (unpaired) electrons. The number of rotatable bonds is 2. The second kappa shape index (κ2) is 3.69. The van der Waals surface area contributed by atoms with Crippen LogP contribution in [0.2, 0.25) is 0 Å². The molecule has 17 heavy (non-hydrogen) atoms. The Kier molecular flexibility index (Phi) is 2.39. The number of fused-ring (bicyclic) bond motifs is 2. The monoisotopic (exact) mass is 234 g/mol. The summed E-state index contributed by atoms with van der Waals surface area (Å²) in [6.07, 6.45) is 6.96. The van der Waals surface area contributed by atoms with Crippen molar-refractivity contribution in [2.24, 2.45) is 17.3 Å². The zero-order valence-corrected chi connectivity index (χ0v) is 10.2. The quantitative estimate of drug-likeness (QED) is 0.543. The molecular formula is C14H18O3. The summed E-state index contributed by atoms with van der Waals surface area (Å²) in [4.78, 5) is 24.0. The van der Waals surface area contributed by atoms with Gasteiger partial charge in [-0.15, -0.1) is 0 Å². The number of carbonyl (C=O) groups excluding carboxylic acids is 2. The molecule has 3 atom stereocenters. The molecule has 0 unspecified atom stereocenters. The van der Waals surface area contributed by atoms with E-state index in [0.29, 0.717) is 13.0 Å². The van der Waals surface area contributed by atoms with E-state index in [-0.39, 0.29) is 29.0 Å². The SMILES string of the molecule is CCOC(=O)[C@@H]1C[C@]23CCCC2=C[C@H]1C(=O)C3. The third-order valence-electron chi connectivity index (χ3n) is 4.68. The van der Waals surface area contributed by atoms with E-state index in [1.807, 2.05) is 6.92 Å². The van der Waals surface area contributed by atoms with Crippen LogP contribution in [0.25, 0.3) is 0 Å². The van der Waals surface area contributed by atoms with Crippen molar-refractivity contribution in [2.45, 2.75) is 39.0 Å². The van der Waals surface area contributed by atoms with Crippen LogP contribution >= 0.6 is 0 Å². The topological polar surface area (TPSA) is 43.4 Å². The van der Waals surface area contributed by atoms with Gasteiger partial charge in [-0.1, -0.05) is 11.6 Å². The highest BCUT2D eigenvalue weighted by atomic mass is 16.5. The number of esters is 1. The maximum Gasteiger partial charge on any atom is 0.310 e. The molecule has 0 aromatic heterocycles. The van der Waals surface area contributed by atoms with Gasteiger partial charge in [-0.05, 0) is 38.0 Å². The number of carbonyl (C=O) groups is 2. The molecule has 0 aliphatic heterocycles. The minimum absolute atomic E-state index is 0.0310. The molecule has 0 N–H and O–H groups in total. The smallest absolute Gasteiger partial charge is 0.310 e. The van der Waals surface area contributed by atoms with Crippen molar-refractivity contribution in [3.63, 3.8) is 0 Å². The fourth-order valence-corrected chi connectivity index (χ4v) is 3.94. The minimum atomic E-state index is -0.210. The van der Waals surface area contributed by atoms with Gasteiger partial charge in [0.25, 0.3) is 0 Å². The number of ether oxygens (including phenoxy) is 1. The third kappa shape index (κ3) is 1.48. The Hall–Kier alpha value is -1.12. The molecule has 0 saturated heterocycles. The van der Waals surface area contributed by atoms with Gasteiger partial charge in [0, 0.05) is 12.3 Å². The summed E-state index contributed by atoms with van der Waals surface area (Å²) in [5.41, 5.74) is 1.48. The highest BCUT2D eigenvalue weighted by molar-refractivity contribution is 5.92. The van der Waals surface area contributed by atoms with Gasteiger partial charge in [-0.25, -0.2) is 0 Å². The van der Waals surface area contributed by atoms with E-state index in [1.54, 1.807) is 0 Å². The van der Waals surface area contributed by atoms with E-state index < -0.39 is 0 Å². The van der Waals surface area contributed by atoms with Crippen LogP contribution in [0.1, 0.15) is 39.0 Å². The van der Waals surface area contributed by atoms with Crippen LogP contribution in [-0.2, 0) is 14.3 Å². The maximum atomic E-state index is 12.1. The molecule has 3 heteroatoms. The molecular weight excluding hydrogens is 216 g/mol. The van der Waals surface area contributed by atoms with Crippen LogP contribution in [0.4, 0.5) is 0 Å². The van der Waals surface area contributed by atoms with E-state index in [0.717, 1.165) is 19.3 Å². The summed E-state index contributed by atoms with van der Waals surface area (Å²) in [7, 11) is 0. The van der Waals surface area contributed by atoms with Crippen LogP contribution in [0.3, 0.4) is 0 Å². The molecule has 0 aromatic rings. The van der Waals surface area contributed by atoms with Crippen LogP contribution in [0, 0.1) is 17.3 Å². The first-order valence-corrected chi connectivity index (χ1v) is 6.57. The average Bonchev–Trinajstić information content (AvgIpc) is 2.70. The van der Waals surface area contributed by atoms with Crippen molar-refractivity contribution in [2.75, 3.05) is 6.61 Å². The van der Waals surface area contributed by atoms with E-state index in [2.05, 4.69) is 6.08 Å². The molecule has 2 bridgehead atoms. The lowest BCUT2D eigenvalue weighted by molar-refractivity contribution is -0.156. The van der Waals surface area contributed by atoms with E-state index in [1.165, 1.54) is 12.0 Å². The lowest BCUT2D eigenvalue weighted by Crippen LogP contribution is -2.46. The molecule has 0 heterocycles. The number of ketones is 1. The minimum Gasteiger partial charge on any atom is -0.466 e. The Bertz CT molecular complexity index is 410. The van der Waals surface area contributed by atoms with Gasteiger partial charge in [0.2, 0.25) is 0 Å². The zero-order chi connectivity index (χ0) is 12.0. The molecule has 1 spiro atoms. The fraction of sp³-hybridized carbons (Fsp3) is 0.714. The highest BCUT2D eigenvalue weighted by Gasteiger charge is 2.54. The van der Waals surface area contributed by atoms with Gasteiger partial charge in [-0.2, -0.15) is 0 Å². The van der Waals surface area contributed by atoms with Gasteiger partial charge < -0.3 is 4.74 Å². The molecule has 92 valence electrons. The molecule has 4 aliphatic carbocycles. The molecule has 3 nitrogen and oxygen atoms in total. The van der Waals surface area contributed by atoms with Crippen molar-refractivity contribution in [1.82, 2.24) is 0 Å². The average molecular weight is 234 g/mol. The normalized spacial score (nSPS) is 38.9. The van der Waals surface area contributed by atoms with Crippen LogP contribution in [-0.4, -0.2) is 18.4 Å². The number of Topliss-reactive ketones (excluding diaryl/α,β-unsaturated/α-hetero) is 1. The van der Waals surface area contributed by atoms with Crippen molar-refractivity contribution in [3.8, 4) is 0 Å². The molecule has 0 amide bonds. The van der Waals surface area contributed by atoms with Gasteiger partial charge in [0.15, 0.2) is 0 Å². The highest BCUT2D eigenvalue weighted by Crippen LogP contribution is 2.58. The van der Waals surface area contributed by atoms with E-state index in [4.69, 9.17) is 4.74 Å². The Balaban J connectivity index is 1.93. The van der Waals surface area contributed by atoms with Gasteiger partial charge >= 0.3 is 5.97 Å². The summed E-state index contributed by atoms with van der Waals surface area (Å²) in [5.74, 6) is -0.325. The largest absolute Gasteiger partial charge is 0.466 e. The summed E-state index contributed by atoms with van der Waals surface area (Å²) < 4.78 is 5.11. The number of hydrogen-bond donors (Lipinski definition) is 0. The fourth-order valence-electron chi connectivity index (χ4n) is 3.94. The summed E-state index contributed by atoms with van der Waals surface area (Å²) in [5, 5.41) is 0. The van der Waals surface area contributed by atoms with Crippen LogP contribution in [0.15, 0.2) is 11.6 Å². The summed E-state index contributed by atoms with van der Waals surface area (Å²) in [6, 6.07) is 0. The Morgan fingerprint density at radius 1 is 1.59 bits per heavy atom. The van der Waals surface area contributed by atoms with Crippen molar-refractivity contribution in [3.05, 3.63) is 11.6 Å². The predicted octanol–water partition coefficient (Wildman–Crippen LogP) is 2.26. The maximum absolute atomic E-state index is 12.1. The lowest BCUT2D eigenvalue weighted by Gasteiger charge is -2.45. The third-order valence-corrected chi connectivity index (χ3v) is 4.68. The number of hydrogen-bond acceptors (Lipinski definition) is 3. The lowest BCUT2D eigenvalue weighted by atomic mass is 9.57. The Morgan fingerprint density at radius 3 is 3.18 bits per heavy atom. The zero-order valence-electron chi connectivity index (χ0n) is 10.2. The Morgan fingerprint density at radius 2 is 2.41 bits per heavy atom. The van der Waals surface area contributed by atoms with E-state index >= 15 is 0 Å². The Labute approximate surface area is 101 Å². The van der Waals surface area contributed by atoms with Crippen molar-refractivity contribution < 1.29 is 14.3 Å². The molecule has 0 aromatic carbocycles. The van der Waals surface area contributed by atoms with Crippen LogP contribution < -0.4 is 0 Å². The van der Waals surface area contributed by atoms with E-state index in [9.17, 15) is 9.59 Å². The van der Waals surface area contributed by atoms with Gasteiger partial charge in [0.1, 0.15) is 5.78 Å². The summed E-state index contributed by atoms with van der Waals surface area (Å²) >= 11 is 0. The predicted molar refractivity (Wildman–Crippen MR) is 62.2 cm³/mol. The number of allylic oxidation sites excluding steroid dienone is 2. The molecule has 2 fully saturated rings. The molecule has 4 aliphatic rings. The first-order chi connectivity index (χ1) is 8.16. The standard InChI is InChI=1S/C14H18O3/c1-2-17-13(16)11-7-14-5-3-4-9(14)6-10(11)12(15)8-14/h6,10-11H,2-5,7-8H2,1H3/t10-,11-,14+/m1/s1. The second-order valence-electron chi connectivity index (χ2n) is 5.56. The second-order valence-corrected chi connectivity index (χ2v) is 5.56. The first kappa shape index (κ1) is 11.0. The van der Waals surface area contributed by atoms with Gasteiger partial charge in [0.05, 0.1) is 12.5 Å². The summed E-state index contributed by atoms with van der Waals surface area (Å²) in [6.45, 7) is 2.22. The molecule has 4 rings (SSSR count).